The van der Waals surface area contributed by atoms with E-state index in [0.717, 1.165) is 30.6 Å². The van der Waals surface area contributed by atoms with Crippen molar-refractivity contribution in [1.29, 1.82) is 0 Å². The van der Waals surface area contributed by atoms with Gasteiger partial charge in [0.25, 0.3) is 0 Å². The molecule has 0 saturated heterocycles. The van der Waals surface area contributed by atoms with Gasteiger partial charge in [0.15, 0.2) is 0 Å². The van der Waals surface area contributed by atoms with Crippen LogP contribution < -0.4 is 4.90 Å². The van der Waals surface area contributed by atoms with E-state index in [-0.39, 0.29) is 11.3 Å². The number of nitrogens with zero attached hydrogens (tertiary/aromatic N) is 3. The molecule has 1 N–H and O–H groups in total. The third kappa shape index (κ3) is 3.77. The number of imidazole rings is 1. The van der Waals surface area contributed by atoms with Gasteiger partial charge >= 0.3 is 0 Å². The van der Waals surface area contributed by atoms with Crippen molar-refractivity contribution in [2.24, 2.45) is 0 Å². The lowest BCUT2D eigenvalue weighted by atomic mass is 9.94. The average molecular weight is 449 g/mol. The predicted octanol–water partition coefficient (Wildman–Crippen LogP) is 5.16. The molecule has 0 atom stereocenters. The number of benzene rings is 3. The van der Waals surface area contributed by atoms with Crippen LogP contribution >= 0.6 is 0 Å². The summed E-state index contributed by atoms with van der Waals surface area (Å²) in [5.41, 5.74) is 6.54. The zero-order chi connectivity index (χ0) is 23.0. The van der Waals surface area contributed by atoms with Crippen molar-refractivity contribution in [3.63, 3.8) is 0 Å². The Hall–Kier alpha value is -3.86. The zero-order valence-corrected chi connectivity index (χ0v) is 19.2. The zero-order valence-electron chi connectivity index (χ0n) is 19.2. The lowest BCUT2D eigenvalue weighted by molar-refractivity contribution is -0.134. The smallest absolute Gasteiger partial charge is 0.233 e. The van der Waals surface area contributed by atoms with Gasteiger partial charge in [0.1, 0.15) is 0 Å². The van der Waals surface area contributed by atoms with Crippen LogP contribution in [0.3, 0.4) is 0 Å². The van der Waals surface area contributed by atoms with Gasteiger partial charge in [-0.2, -0.15) is 0 Å². The number of rotatable bonds is 5. The van der Waals surface area contributed by atoms with Crippen molar-refractivity contribution in [1.82, 2.24) is 14.9 Å². The van der Waals surface area contributed by atoms with Gasteiger partial charge in [-0.05, 0) is 47.2 Å². The predicted molar refractivity (Wildman–Crippen MR) is 134 cm³/mol. The second-order valence-corrected chi connectivity index (χ2v) is 9.37. The first-order valence-corrected chi connectivity index (χ1v) is 12.0. The van der Waals surface area contributed by atoms with Gasteiger partial charge in [0.2, 0.25) is 5.91 Å². The maximum absolute atomic E-state index is 13.9. The van der Waals surface area contributed by atoms with Crippen molar-refractivity contribution in [2.75, 3.05) is 18.0 Å². The minimum atomic E-state index is -0.351. The van der Waals surface area contributed by atoms with Crippen LogP contribution in [0, 0.1) is 0 Å². The Morgan fingerprint density at radius 2 is 1.68 bits per heavy atom. The van der Waals surface area contributed by atoms with Crippen molar-refractivity contribution in [2.45, 2.75) is 31.3 Å². The van der Waals surface area contributed by atoms with E-state index in [0.29, 0.717) is 19.6 Å². The second kappa shape index (κ2) is 8.49. The van der Waals surface area contributed by atoms with Gasteiger partial charge < -0.3 is 14.8 Å². The highest BCUT2D eigenvalue weighted by molar-refractivity contribution is 5.91. The van der Waals surface area contributed by atoms with E-state index in [9.17, 15) is 4.79 Å². The second-order valence-electron chi connectivity index (χ2n) is 9.37. The number of aromatic amines is 1. The standard InChI is InChI=1S/C29H28N4O/c34-28(29(13-14-29)25-9-5-2-6-10-25)33-16-15-32(20-26-18-30-21-31-26)27-12-11-23(17-24(27)19-33)22-7-3-1-4-8-22/h1-12,17-18,21H,13-16,19-20H2,(H,30,31). The third-order valence-electron chi connectivity index (χ3n) is 7.21. The highest BCUT2D eigenvalue weighted by Crippen LogP contribution is 2.50. The Morgan fingerprint density at radius 3 is 2.38 bits per heavy atom. The quantitative estimate of drug-likeness (QED) is 0.459. The van der Waals surface area contributed by atoms with E-state index in [4.69, 9.17) is 0 Å². The van der Waals surface area contributed by atoms with Gasteiger partial charge in [-0.1, -0.05) is 66.7 Å². The van der Waals surface area contributed by atoms with E-state index in [1.807, 2.05) is 30.5 Å². The molecule has 0 radical (unpaired) electrons. The Morgan fingerprint density at radius 1 is 0.912 bits per heavy atom. The lowest BCUT2D eigenvalue weighted by Gasteiger charge is -2.27. The summed E-state index contributed by atoms with van der Waals surface area (Å²) in [7, 11) is 0. The summed E-state index contributed by atoms with van der Waals surface area (Å²) in [6.07, 6.45) is 5.53. The molecule has 3 aromatic carbocycles. The summed E-state index contributed by atoms with van der Waals surface area (Å²) >= 11 is 0. The molecule has 2 heterocycles. The number of carbonyl (C=O) groups excluding carboxylic acids is 1. The van der Waals surface area contributed by atoms with Gasteiger partial charge in [-0.25, -0.2) is 4.98 Å². The van der Waals surface area contributed by atoms with Crippen LogP contribution in [-0.2, 0) is 23.3 Å². The fourth-order valence-electron chi connectivity index (χ4n) is 5.20. The molecule has 1 saturated carbocycles. The molecule has 1 aliphatic heterocycles. The minimum absolute atomic E-state index is 0.261. The summed E-state index contributed by atoms with van der Waals surface area (Å²) in [6.45, 7) is 2.82. The summed E-state index contributed by atoms with van der Waals surface area (Å²) in [5, 5.41) is 0. The topological polar surface area (TPSA) is 52.2 Å². The first kappa shape index (κ1) is 20.7. The molecule has 0 spiro atoms. The Labute approximate surface area is 200 Å². The van der Waals surface area contributed by atoms with E-state index >= 15 is 0 Å². The van der Waals surface area contributed by atoms with E-state index in [2.05, 4.69) is 74.4 Å². The number of hydrogen-bond donors (Lipinski definition) is 1. The summed E-state index contributed by atoms with van der Waals surface area (Å²) < 4.78 is 0. The molecule has 1 fully saturated rings. The lowest BCUT2D eigenvalue weighted by Crippen LogP contribution is -2.41. The van der Waals surface area contributed by atoms with Crippen LogP contribution in [-0.4, -0.2) is 33.9 Å². The van der Waals surface area contributed by atoms with Gasteiger partial charge in [-0.15, -0.1) is 0 Å². The Balaban J connectivity index is 1.36. The van der Waals surface area contributed by atoms with Gasteiger partial charge in [0.05, 0.1) is 24.0 Å². The van der Waals surface area contributed by atoms with Crippen LogP contribution in [0.5, 0.6) is 0 Å². The van der Waals surface area contributed by atoms with Crippen LogP contribution in [0.4, 0.5) is 5.69 Å². The van der Waals surface area contributed by atoms with Gasteiger partial charge in [0, 0.05) is 31.5 Å². The summed E-state index contributed by atoms with van der Waals surface area (Å²) in [4.78, 5) is 25.9. The highest BCUT2D eigenvalue weighted by atomic mass is 16.2. The molecule has 5 heteroatoms. The largest absolute Gasteiger partial charge is 0.364 e. The van der Waals surface area contributed by atoms with Crippen LogP contribution in [0.15, 0.2) is 91.4 Å². The van der Waals surface area contributed by atoms with Crippen LogP contribution in [0.25, 0.3) is 11.1 Å². The number of anilines is 1. The molecule has 5 nitrogen and oxygen atoms in total. The number of fused-ring (bicyclic) bond motifs is 1. The Kier molecular flexibility index (Phi) is 5.17. The number of H-pyrrole nitrogens is 1. The van der Waals surface area contributed by atoms with Crippen molar-refractivity contribution in [3.8, 4) is 11.1 Å². The summed E-state index contributed by atoms with van der Waals surface area (Å²) in [6, 6.07) is 27.4. The van der Waals surface area contributed by atoms with E-state index in [1.165, 1.54) is 22.4 Å². The number of amides is 1. The number of carbonyl (C=O) groups is 1. The van der Waals surface area contributed by atoms with E-state index < -0.39 is 0 Å². The van der Waals surface area contributed by atoms with Crippen LogP contribution in [0.2, 0.25) is 0 Å². The number of hydrogen-bond acceptors (Lipinski definition) is 3. The van der Waals surface area contributed by atoms with Gasteiger partial charge in [-0.3, -0.25) is 4.79 Å². The van der Waals surface area contributed by atoms with Crippen LogP contribution in [0.1, 0.15) is 29.7 Å². The SMILES string of the molecule is O=C(N1CCN(Cc2c[nH]cn2)c2ccc(-c3ccccc3)cc2C1)C1(c2ccccc2)CC1. The first-order valence-electron chi connectivity index (χ1n) is 12.0. The molecule has 1 aromatic heterocycles. The number of nitrogens with one attached hydrogen (secondary N) is 1. The average Bonchev–Trinajstić information content (AvgIpc) is 3.59. The van der Waals surface area contributed by atoms with E-state index in [1.54, 1.807) is 6.33 Å². The maximum Gasteiger partial charge on any atom is 0.233 e. The molecule has 1 amide bonds. The molecule has 1 aliphatic carbocycles. The minimum Gasteiger partial charge on any atom is -0.364 e. The summed E-state index contributed by atoms with van der Waals surface area (Å²) in [5.74, 6) is 0.261. The molecular weight excluding hydrogens is 420 g/mol. The molecule has 2 aliphatic rings. The monoisotopic (exact) mass is 448 g/mol. The normalized spacial score (nSPS) is 16.6. The van der Waals surface area contributed by atoms with Crippen molar-refractivity contribution < 1.29 is 4.79 Å². The molecule has 0 unspecified atom stereocenters. The molecule has 4 aromatic rings. The van der Waals surface area contributed by atoms with Crippen molar-refractivity contribution in [3.05, 3.63) is 108 Å². The molecule has 170 valence electrons. The fourth-order valence-corrected chi connectivity index (χ4v) is 5.20. The van der Waals surface area contributed by atoms with Crippen molar-refractivity contribution >= 4 is 11.6 Å². The Bertz CT molecular complexity index is 1280. The molecular formula is C29H28N4O. The molecule has 34 heavy (non-hydrogen) atoms. The number of aromatic nitrogens is 2. The molecule has 6 rings (SSSR count). The molecule has 0 bridgehead atoms. The maximum atomic E-state index is 13.9. The third-order valence-corrected chi connectivity index (χ3v) is 7.21. The highest BCUT2D eigenvalue weighted by Gasteiger charge is 2.53. The first-order chi connectivity index (χ1) is 16.7. The fraction of sp³-hybridized carbons (Fsp3) is 0.241.